The van der Waals surface area contributed by atoms with Crippen LogP contribution in [0.1, 0.15) is 96.8 Å². The van der Waals surface area contributed by atoms with Crippen molar-refractivity contribution >= 4 is 49.9 Å². The van der Waals surface area contributed by atoms with Gasteiger partial charge in [-0.05, 0) is 67.9 Å². The van der Waals surface area contributed by atoms with Gasteiger partial charge in [-0.25, -0.2) is 0 Å². The second-order valence-corrected chi connectivity index (χ2v) is 17.1. The van der Waals surface area contributed by atoms with E-state index in [1.807, 2.05) is 0 Å². The fraction of sp³-hybridized carbons (Fsp3) is 0.380. The molecular formula is C50H55N2O2+. The lowest BCUT2D eigenvalue weighted by atomic mass is 9.75. The second kappa shape index (κ2) is 13.8. The van der Waals surface area contributed by atoms with Gasteiger partial charge in [0.15, 0.2) is 0 Å². The number of hydrogen-bond donors (Lipinski definition) is 0. The number of nitrogens with zero attached hydrogens (tertiary/aromatic N) is 2. The fourth-order valence-corrected chi connectivity index (χ4v) is 9.80. The molecule has 0 bridgehead atoms. The molecule has 0 amide bonds. The predicted molar refractivity (Wildman–Crippen MR) is 227 cm³/mol. The highest BCUT2D eigenvalue weighted by atomic mass is 16.5. The topological polar surface area (TPSA) is 26.4 Å². The Labute approximate surface area is 320 Å². The Balaban J connectivity index is 1.06. The maximum Gasteiger partial charge on any atom is 0.215 e. The van der Waals surface area contributed by atoms with E-state index in [2.05, 4.69) is 142 Å². The van der Waals surface area contributed by atoms with Gasteiger partial charge in [-0.3, -0.25) is 0 Å². The van der Waals surface area contributed by atoms with Crippen molar-refractivity contribution in [2.75, 3.05) is 6.54 Å². The lowest BCUT2D eigenvalue weighted by molar-refractivity contribution is -0.436. The van der Waals surface area contributed by atoms with Gasteiger partial charge < -0.3 is 14.0 Å². The molecule has 0 fully saturated rings. The van der Waals surface area contributed by atoms with Crippen molar-refractivity contribution in [2.45, 2.75) is 112 Å². The number of rotatable bonds is 10. The Kier molecular flexibility index (Phi) is 8.91. The summed E-state index contributed by atoms with van der Waals surface area (Å²) in [6.45, 7) is 15.8. The monoisotopic (exact) mass is 715 g/mol. The molecule has 4 aromatic carbocycles. The van der Waals surface area contributed by atoms with Crippen molar-refractivity contribution in [2.24, 2.45) is 5.41 Å². The first-order valence-electron chi connectivity index (χ1n) is 20.6. The first-order valence-corrected chi connectivity index (χ1v) is 20.6. The maximum absolute atomic E-state index is 6.34. The highest BCUT2D eigenvalue weighted by Gasteiger charge is 2.35. The SMILES string of the molecule is CCCCn1/c(=C/C=C/C2=CC(=C/C=C/C3=[N+](CCCC)c4cc5c(c6cccc3c46)O[C@@H](C)C5)/CC(C)(C)C2)c2cccc3c4c(cc1c32)C[C@@H](C)O4. The van der Waals surface area contributed by atoms with E-state index < -0.39 is 0 Å². The first kappa shape index (κ1) is 34.9. The van der Waals surface area contributed by atoms with Crippen LogP contribution in [0, 0.1) is 5.41 Å². The van der Waals surface area contributed by atoms with E-state index in [4.69, 9.17) is 9.47 Å². The summed E-state index contributed by atoms with van der Waals surface area (Å²) in [6, 6.07) is 18.3. The standard InChI is InChI=1S/C50H55N2O2/c1-7-9-23-51-42(38-17-13-19-40-46(38)44(51)28-36-25-32(3)53-48(36)40)21-11-15-34-27-35(31-50(5,6)30-34)16-12-22-43-39-18-14-20-41-47(39)45(52(43)24-10-8-2)29-37-26-33(4)54-49(37)41/h11-22,27-29,32-33H,7-10,23-26,30-31H2,1-6H3/q+1/t32-,33+. The van der Waals surface area contributed by atoms with Gasteiger partial charge in [-0.2, -0.15) is 4.58 Å². The Bertz CT molecular complexity index is 2530. The van der Waals surface area contributed by atoms with Crippen molar-refractivity contribution in [3.8, 4) is 11.5 Å². The van der Waals surface area contributed by atoms with Crippen LogP contribution in [-0.2, 0) is 19.4 Å². The van der Waals surface area contributed by atoms with Crippen LogP contribution >= 0.6 is 0 Å². The molecule has 1 aromatic heterocycles. The number of benzene rings is 4. The Morgan fingerprint density at radius 2 is 1.48 bits per heavy atom. The number of hydrogen-bond acceptors (Lipinski definition) is 2. The quantitative estimate of drug-likeness (QED) is 0.135. The third kappa shape index (κ3) is 6.03. The molecule has 5 aromatic rings. The Morgan fingerprint density at radius 1 is 0.796 bits per heavy atom. The van der Waals surface area contributed by atoms with Gasteiger partial charge >= 0.3 is 0 Å². The smallest absolute Gasteiger partial charge is 0.215 e. The highest BCUT2D eigenvalue weighted by molar-refractivity contribution is 6.21. The van der Waals surface area contributed by atoms with Crippen LogP contribution in [0.25, 0.3) is 38.5 Å². The molecular weight excluding hydrogens is 661 g/mol. The minimum atomic E-state index is 0.189. The van der Waals surface area contributed by atoms with E-state index >= 15 is 0 Å². The predicted octanol–water partition coefficient (Wildman–Crippen LogP) is 11.6. The van der Waals surface area contributed by atoms with Gasteiger partial charge in [-0.1, -0.05) is 101 Å². The summed E-state index contributed by atoms with van der Waals surface area (Å²) in [7, 11) is 0. The number of allylic oxidation sites excluding steroid dienone is 8. The summed E-state index contributed by atoms with van der Waals surface area (Å²) in [4.78, 5) is 0. The molecule has 1 aliphatic carbocycles. The molecule has 4 heteroatoms. The Morgan fingerprint density at radius 3 is 2.24 bits per heavy atom. The van der Waals surface area contributed by atoms with Gasteiger partial charge in [-0.15, -0.1) is 0 Å². The van der Waals surface area contributed by atoms with E-state index in [1.54, 1.807) is 0 Å². The first-order chi connectivity index (χ1) is 26.2. The van der Waals surface area contributed by atoms with Crippen LogP contribution in [0.5, 0.6) is 11.5 Å². The zero-order chi connectivity index (χ0) is 37.1. The zero-order valence-electron chi connectivity index (χ0n) is 33.1. The summed E-state index contributed by atoms with van der Waals surface area (Å²) in [6.07, 6.45) is 25.7. The molecule has 0 unspecified atom stereocenters. The molecule has 4 nitrogen and oxygen atoms in total. The molecule has 0 spiro atoms. The van der Waals surface area contributed by atoms with Gasteiger partial charge in [0.05, 0.1) is 16.5 Å². The molecule has 3 aliphatic heterocycles. The van der Waals surface area contributed by atoms with Crippen LogP contribution in [0.15, 0.2) is 96.1 Å². The minimum absolute atomic E-state index is 0.189. The van der Waals surface area contributed by atoms with Crippen molar-refractivity contribution in [1.29, 1.82) is 0 Å². The van der Waals surface area contributed by atoms with Gasteiger partial charge in [0.1, 0.15) is 30.3 Å². The summed E-state index contributed by atoms with van der Waals surface area (Å²) >= 11 is 0. The molecule has 0 radical (unpaired) electrons. The molecule has 276 valence electrons. The van der Waals surface area contributed by atoms with Crippen molar-refractivity contribution in [3.63, 3.8) is 0 Å². The lowest BCUT2D eigenvalue weighted by Crippen LogP contribution is -2.17. The van der Waals surface area contributed by atoms with Crippen molar-refractivity contribution in [3.05, 3.63) is 118 Å². The average Bonchev–Trinajstić information content (AvgIpc) is 3.88. The number of aromatic nitrogens is 1. The summed E-state index contributed by atoms with van der Waals surface area (Å²) < 4.78 is 17.8. The van der Waals surface area contributed by atoms with Gasteiger partial charge in [0, 0.05) is 76.0 Å². The van der Waals surface area contributed by atoms with Crippen LogP contribution in [0.4, 0.5) is 5.69 Å². The number of aryl methyl sites for hydroxylation is 1. The molecule has 9 rings (SSSR count). The highest BCUT2D eigenvalue weighted by Crippen LogP contribution is 2.46. The maximum atomic E-state index is 6.34. The Hall–Kier alpha value is -4.83. The minimum Gasteiger partial charge on any atom is -0.489 e. The number of ether oxygens (including phenoxy) is 2. The molecule has 0 saturated carbocycles. The van der Waals surface area contributed by atoms with Crippen molar-refractivity contribution < 1.29 is 14.0 Å². The fourth-order valence-electron chi connectivity index (χ4n) is 9.80. The molecule has 2 atom stereocenters. The summed E-state index contributed by atoms with van der Waals surface area (Å²) in [5, 5.41) is 7.83. The van der Waals surface area contributed by atoms with Crippen LogP contribution in [-0.4, -0.2) is 33.6 Å². The van der Waals surface area contributed by atoms with E-state index in [-0.39, 0.29) is 17.6 Å². The molecule has 0 N–H and O–H groups in total. The van der Waals surface area contributed by atoms with Crippen LogP contribution < -0.4 is 14.8 Å². The van der Waals surface area contributed by atoms with Gasteiger partial charge in [0.2, 0.25) is 11.4 Å². The number of unbranched alkanes of at least 4 members (excludes halogenated alkanes) is 2. The van der Waals surface area contributed by atoms with Gasteiger partial charge in [0.25, 0.3) is 0 Å². The van der Waals surface area contributed by atoms with Crippen LogP contribution in [0.2, 0.25) is 0 Å². The van der Waals surface area contributed by atoms with E-state index in [1.165, 1.54) is 89.9 Å². The lowest BCUT2D eigenvalue weighted by Gasteiger charge is -2.30. The molecule has 54 heavy (non-hydrogen) atoms. The molecule has 4 aliphatic rings. The molecule has 0 saturated heterocycles. The molecule has 4 heterocycles. The van der Waals surface area contributed by atoms with E-state index in [9.17, 15) is 0 Å². The van der Waals surface area contributed by atoms with E-state index in [0.717, 1.165) is 63.1 Å². The summed E-state index contributed by atoms with van der Waals surface area (Å²) in [5.41, 5.74) is 11.0. The summed E-state index contributed by atoms with van der Waals surface area (Å²) in [5.74, 6) is 2.18. The number of fused-ring (bicyclic) bond motifs is 4. The van der Waals surface area contributed by atoms with E-state index in [0.29, 0.717) is 0 Å². The third-order valence-corrected chi connectivity index (χ3v) is 12.0. The zero-order valence-corrected chi connectivity index (χ0v) is 33.1. The van der Waals surface area contributed by atoms with Crippen molar-refractivity contribution in [1.82, 2.24) is 4.57 Å². The normalized spacial score (nSPS) is 21.4. The largest absolute Gasteiger partial charge is 0.489 e. The third-order valence-electron chi connectivity index (χ3n) is 12.0. The average molecular weight is 716 g/mol. The second-order valence-electron chi connectivity index (χ2n) is 17.1. The van der Waals surface area contributed by atoms with Crippen LogP contribution in [0.3, 0.4) is 0 Å².